The van der Waals surface area contributed by atoms with Crippen molar-refractivity contribution < 1.29 is 14.0 Å². The quantitative estimate of drug-likeness (QED) is 0.794. The highest BCUT2D eigenvalue weighted by atomic mass is 19.1. The monoisotopic (exact) mass is 274 g/mol. The summed E-state index contributed by atoms with van der Waals surface area (Å²) in [5.74, 6) is -2.54. The topological polar surface area (TPSA) is 61.2 Å². The molecule has 1 aromatic carbocycles. The number of piperidine rings is 1. The molecule has 0 aromatic heterocycles. The van der Waals surface area contributed by atoms with E-state index in [9.17, 15) is 14.0 Å². The van der Waals surface area contributed by atoms with Crippen LogP contribution in [-0.4, -0.2) is 18.2 Å². The molecule has 0 unspecified atom stereocenters. The van der Waals surface area contributed by atoms with Gasteiger partial charge in [-0.1, -0.05) is 0 Å². The number of carbonyl (C=O) groups is 2. The van der Waals surface area contributed by atoms with E-state index in [0.717, 1.165) is 0 Å². The zero-order valence-electron chi connectivity index (χ0n) is 11.2. The molecule has 0 N–H and O–H groups in total. The van der Waals surface area contributed by atoms with E-state index in [4.69, 9.17) is 5.26 Å². The molecule has 1 aliphatic heterocycles. The van der Waals surface area contributed by atoms with Gasteiger partial charge < -0.3 is 4.90 Å². The molecule has 1 aromatic rings. The first-order chi connectivity index (χ1) is 9.54. The Morgan fingerprint density at radius 2 is 2.10 bits per heavy atom. The van der Waals surface area contributed by atoms with Gasteiger partial charge in [0.2, 0.25) is 5.91 Å². The number of ketones is 1. The molecule has 0 saturated carbocycles. The Morgan fingerprint density at radius 1 is 1.45 bits per heavy atom. The number of rotatable bonds is 3. The van der Waals surface area contributed by atoms with Crippen molar-refractivity contribution in [3.8, 4) is 6.07 Å². The summed E-state index contributed by atoms with van der Waals surface area (Å²) in [5.41, 5.74) is 0.582. The number of anilines is 1. The minimum absolute atomic E-state index is 0.296. The Labute approximate surface area is 116 Å². The minimum atomic E-state index is -0.780. The van der Waals surface area contributed by atoms with Gasteiger partial charge in [0.15, 0.2) is 5.78 Å². The summed E-state index contributed by atoms with van der Waals surface area (Å²) in [7, 11) is 0. The molecule has 2 atom stereocenters. The summed E-state index contributed by atoms with van der Waals surface area (Å²) in [4.78, 5) is 25.9. The Hall–Kier alpha value is -2.22. The molecule has 0 spiro atoms. The van der Waals surface area contributed by atoms with E-state index in [1.807, 2.05) is 6.07 Å². The highest BCUT2D eigenvalue weighted by Gasteiger charge is 2.36. The molecule has 4 nitrogen and oxygen atoms in total. The maximum absolute atomic E-state index is 12.9. The van der Waals surface area contributed by atoms with Crippen LogP contribution in [0.3, 0.4) is 0 Å². The zero-order valence-corrected chi connectivity index (χ0v) is 11.2. The normalized spacial score (nSPS) is 20.4. The van der Waals surface area contributed by atoms with Gasteiger partial charge in [0.05, 0.1) is 12.0 Å². The molecular weight excluding hydrogens is 259 g/mol. The number of Topliss-reactive ketones (excluding diaryl/α,β-unsaturated/α-hetero) is 1. The van der Waals surface area contributed by atoms with E-state index in [1.165, 1.54) is 36.1 Å². The number of benzene rings is 1. The van der Waals surface area contributed by atoms with Crippen molar-refractivity contribution in [2.45, 2.75) is 19.8 Å². The smallest absolute Gasteiger partial charge is 0.237 e. The maximum Gasteiger partial charge on any atom is 0.237 e. The third-order valence-corrected chi connectivity index (χ3v) is 3.54. The van der Waals surface area contributed by atoms with Crippen molar-refractivity contribution in [1.82, 2.24) is 0 Å². The number of halogens is 1. The third-order valence-electron chi connectivity index (χ3n) is 3.54. The molecule has 0 aliphatic carbocycles. The lowest BCUT2D eigenvalue weighted by molar-refractivity contribution is -0.135. The minimum Gasteiger partial charge on any atom is -0.312 e. The fourth-order valence-electron chi connectivity index (χ4n) is 2.38. The molecule has 1 aliphatic rings. The SMILES string of the molecule is C[C@H](C#N)C(=O)[C@@H]1CCCN(c2ccc(F)cc2)C1=O. The first kappa shape index (κ1) is 14.2. The Bertz CT molecular complexity index is 562. The van der Waals surface area contributed by atoms with Gasteiger partial charge in [0.1, 0.15) is 11.7 Å². The summed E-state index contributed by atoms with van der Waals surface area (Å²) in [6, 6.07) is 7.49. The molecule has 1 fully saturated rings. The van der Waals surface area contributed by atoms with Crippen LogP contribution in [0.15, 0.2) is 24.3 Å². The fraction of sp³-hybridized carbons (Fsp3) is 0.400. The molecule has 1 saturated heterocycles. The van der Waals surface area contributed by atoms with E-state index in [1.54, 1.807) is 0 Å². The van der Waals surface area contributed by atoms with Crippen LogP contribution >= 0.6 is 0 Å². The molecule has 104 valence electrons. The van der Waals surface area contributed by atoms with Gasteiger partial charge in [-0.25, -0.2) is 4.39 Å². The highest BCUT2D eigenvalue weighted by Crippen LogP contribution is 2.26. The highest BCUT2D eigenvalue weighted by molar-refractivity contribution is 6.10. The first-order valence-corrected chi connectivity index (χ1v) is 6.55. The molecule has 1 heterocycles. The molecule has 1 amide bonds. The van der Waals surface area contributed by atoms with Crippen LogP contribution in [0, 0.1) is 29.0 Å². The third kappa shape index (κ3) is 2.69. The number of hydrogen-bond donors (Lipinski definition) is 0. The number of hydrogen-bond acceptors (Lipinski definition) is 3. The van der Waals surface area contributed by atoms with Crippen LogP contribution in [0.5, 0.6) is 0 Å². The summed E-state index contributed by atoms with van der Waals surface area (Å²) in [6.45, 7) is 2.02. The second-order valence-electron chi connectivity index (χ2n) is 4.91. The van der Waals surface area contributed by atoms with E-state index in [-0.39, 0.29) is 17.5 Å². The lowest BCUT2D eigenvalue weighted by atomic mass is 9.87. The summed E-state index contributed by atoms with van der Waals surface area (Å²) >= 11 is 0. The first-order valence-electron chi connectivity index (χ1n) is 6.55. The standard InChI is InChI=1S/C15H15FN2O2/c1-10(9-17)14(19)13-3-2-8-18(15(13)20)12-6-4-11(16)5-7-12/h4-7,10,13H,2-3,8H2,1H3/t10-,13+/m1/s1. The summed E-state index contributed by atoms with van der Waals surface area (Å²) in [5, 5.41) is 8.80. The van der Waals surface area contributed by atoms with Gasteiger partial charge in [-0.05, 0) is 44.0 Å². The van der Waals surface area contributed by atoms with E-state index in [2.05, 4.69) is 0 Å². The van der Waals surface area contributed by atoms with E-state index < -0.39 is 11.8 Å². The summed E-state index contributed by atoms with van der Waals surface area (Å²) < 4.78 is 12.9. The van der Waals surface area contributed by atoms with Crippen LogP contribution in [0.2, 0.25) is 0 Å². The largest absolute Gasteiger partial charge is 0.312 e. The fourth-order valence-corrected chi connectivity index (χ4v) is 2.38. The number of amides is 1. The van der Waals surface area contributed by atoms with Crippen molar-refractivity contribution in [2.24, 2.45) is 11.8 Å². The van der Waals surface area contributed by atoms with Crippen molar-refractivity contribution in [3.63, 3.8) is 0 Å². The maximum atomic E-state index is 12.9. The number of carbonyl (C=O) groups excluding carboxylic acids is 2. The van der Waals surface area contributed by atoms with Gasteiger partial charge in [-0.15, -0.1) is 0 Å². The summed E-state index contributed by atoms with van der Waals surface area (Å²) in [6.07, 6.45) is 1.17. The van der Waals surface area contributed by atoms with Crippen molar-refractivity contribution in [2.75, 3.05) is 11.4 Å². The van der Waals surface area contributed by atoms with Crippen molar-refractivity contribution in [3.05, 3.63) is 30.1 Å². The molecular formula is C15H15FN2O2. The van der Waals surface area contributed by atoms with E-state index in [0.29, 0.717) is 25.1 Å². The number of nitrogens with zero attached hydrogens (tertiary/aromatic N) is 2. The molecule has 5 heteroatoms. The molecule has 2 rings (SSSR count). The van der Waals surface area contributed by atoms with Gasteiger partial charge in [-0.3, -0.25) is 9.59 Å². The lowest BCUT2D eigenvalue weighted by Gasteiger charge is -2.32. The van der Waals surface area contributed by atoms with Gasteiger partial charge in [-0.2, -0.15) is 5.26 Å². The zero-order chi connectivity index (χ0) is 14.7. The average molecular weight is 274 g/mol. The molecule has 0 radical (unpaired) electrons. The average Bonchev–Trinajstić information content (AvgIpc) is 2.47. The Kier molecular flexibility index (Phi) is 4.14. The van der Waals surface area contributed by atoms with Crippen LogP contribution in [0.25, 0.3) is 0 Å². The second kappa shape index (κ2) is 5.83. The van der Waals surface area contributed by atoms with Gasteiger partial charge >= 0.3 is 0 Å². The van der Waals surface area contributed by atoms with Crippen LogP contribution in [0.1, 0.15) is 19.8 Å². The molecule has 20 heavy (non-hydrogen) atoms. The van der Waals surface area contributed by atoms with Crippen LogP contribution in [-0.2, 0) is 9.59 Å². The second-order valence-corrected chi connectivity index (χ2v) is 4.91. The Morgan fingerprint density at radius 3 is 2.70 bits per heavy atom. The van der Waals surface area contributed by atoms with E-state index >= 15 is 0 Å². The number of nitriles is 1. The van der Waals surface area contributed by atoms with Crippen molar-refractivity contribution >= 4 is 17.4 Å². The van der Waals surface area contributed by atoms with Crippen molar-refractivity contribution in [1.29, 1.82) is 5.26 Å². The van der Waals surface area contributed by atoms with Gasteiger partial charge in [0.25, 0.3) is 0 Å². The molecule has 0 bridgehead atoms. The lowest BCUT2D eigenvalue weighted by Crippen LogP contribution is -2.45. The van der Waals surface area contributed by atoms with Gasteiger partial charge in [0, 0.05) is 12.2 Å². The van der Waals surface area contributed by atoms with Crippen LogP contribution < -0.4 is 4.90 Å². The Balaban J connectivity index is 2.21. The predicted octanol–water partition coefficient (Wildman–Crippen LogP) is 2.30. The van der Waals surface area contributed by atoms with Crippen LogP contribution in [0.4, 0.5) is 10.1 Å². The predicted molar refractivity (Wildman–Crippen MR) is 71.3 cm³/mol.